The molecular formula is C13H14FN3O2S. The lowest BCUT2D eigenvalue weighted by atomic mass is 10.2. The lowest BCUT2D eigenvalue weighted by molar-refractivity contribution is -0.384. The van der Waals surface area contributed by atoms with Gasteiger partial charge in [-0.05, 0) is 25.0 Å². The molecule has 0 atom stereocenters. The topological polar surface area (TPSA) is 68.1 Å². The van der Waals surface area contributed by atoms with Gasteiger partial charge in [0.15, 0.2) is 0 Å². The fraction of sp³-hybridized carbons (Fsp3) is 0.308. The van der Waals surface area contributed by atoms with Crippen molar-refractivity contribution in [3.05, 3.63) is 49.7 Å². The number of nitrogens with zero attached hydrogens (tertiary/aromatic N) is 2. The van der Waals surface area contributed by atoms with E-state index >= 15 is 0 Å². The molecule has 1 aromatic heterocycles. The number of hydrogen-bond donors (Lipinski definition) is 1. The van der Waals surface area contributed by atoms with Gasteiger partial charge in [-0.2, -0.15) is 0 Å². The van der Waals surface area contributed by atoms with Crippen LogP contribution in [0.15, 0.2) is 18.3 Å². The number of nitro groups is 1. The molecule has 0 amide bonds. The average molecular weight is 295 g/mol. The number of aryl methyl sites for hydroxylation is 2. The second-order valence-electron chi connectivity index (χ2n) is 4.30. The van der Waals surface area contributed by atoms with Crippen LogP contribution < -0.4 is 5.32 Å². The Morgan fingerprint density at radius 3 is 2.85 bits per heavy atom. The van der Waals surface area contributed by atoms with Gasteiger partial charge in [-0.25, -0.2) is 9.37 Å². The van der Waals surface area contributed by atoms with Gasteiger partial charge in [-0.3, -0.25) is 10.1 Å². The first-order valence-corrected chi connectivity index (χ1v) is 6.95. The van der Waals surface area contributed by atoms with Crippen molar-refractivity contribution in [1.82, 2.24) is 4.98 Å². The van der Waals surface area contributed by atoms with Crippen molar-refractivity contribution >= 4 is 22.7 Å². The number of thiazole rings is 1. The molecule has 0 aliphatic carbocycles. The van der Waals surface area contributed by atoms with Crippen molar-refractivity contribution in [2.24, 2.45) is 0 Å². The number of nitro benzene ring substituents is 1. The van der Waals surface area contributed by atoms with Gasteiger partial charge in [0.05, 0.1) is 17.5 Å². The Labute approximate surface area is 119 Å². The van der Waals surface area contributed by atoms with E-state index in [9.17, 15) is 14.5 Å². The Hall–Kier alpha value is -2.02. The molecule has 2 rings (SSSR count). The molecule has 106 valence electrons. The van der Waals surface area contributed by atoms with Crippen LogP contribution in [-0.2, 0) is 13.0 Å². The largest absolute Gasteiger partial charge is 0.373 e. The quantitative estimate of drug-likeness (QED) is 0.675. The van der Waals surface area contributed by atoms with Crippen LogP contribution in [0.5, 0.6) is 0 Å². The molecule has 0 spiro atoms. The molecule has 2 aromatic rings. The van der Waals surface area contributed by atoms with E-state index in [0.717, 1.165) is 22.4 Å². The Morgan fingerprint density at radius 2 is 2.25 bits per heavy atom. The molecule has 0 aliphatic heterocycles. The second kappa shape index (κ2) is 5.96. The van der Waals surface area contributed by atoms with Crippen LogP contribution in [0.1, 0.15) is 22.4 Å². The predicted molar refractivity (Wildman–Crippen MR) is 76.6 cm³/mol. The highest BCUT2D eigenvalue weighted by Gasteiger charge is 2.17. The fourth-order valence-corrected chi connectivity index (χ4v) is 2.53. The van der Waals surface area contributed by atoms with Gasteiger partial charge in [0.25, 0.3) is 5.69 Å². The highest BCUT2D eigenvalue weighted by Crippen LogP contribution is 2.28. The second-order valence-corrected chi connectivity index (χ2v) is 5.50. The summed E-state index contributed by atoms with van der Waals surface area (Å²) in [4.78, 5) is 15.7. The van der Waals surface area contributed by atoms with Crippen molar-refractivity contribution in [3.63, 3.8) is 0 Å². The highest BCUT2D eigenvalue weighted by molar-refractivity contribution is 7.11. The fourth-order valence-electron chi connectivity index (χ4n) is 1.73. The third kappa shape index (κ3) is 3.11. The van der Waals surface area contributed by atoms with E-state index in [-0.39, 0.29) is 5.69 Å². The summed E-state index contributed by atoms with van der Waals surface area (Å²) < 4.78 is 13.4. The predicted octanol–water partition coefficient (Wildman–Crippen LogP) is 3.67. The maximum absolute atomic E-state index is 13.4. The third-order valence-electron chi connectivity index (χ3n) is 2.85. The van der Waals surface area contributed by atoms with Gasteiger partial charge < -0.3 is 5.32 Å². The normalized spacial score (nSPS) is 10.6. The summed E-state index contributed by atoms with van der Waals surface area (Å²) in [6.07, 6.45) is 2.71. The summed E-state index contributed by atoms with van der Waals surface area (Å²) in [6, 6.07) is 2.39. The van der Waals surface area contributed by atoms with E-state index in [2.05, 4.69) is 10.3 Å². The molecule has 0 unspecified atom stereocenters. The number of anilines is 1. The first-order valence-electron chi connectivity index (χ1n) is 6.13. The summed E-state index contributed by atoms with van der Waals surface area (Å²) in [6.45, 7) is 4.00. The van der Waals surface area contributed by atoms with Crippen molar-refractivity contribution in [2.45, 2.75) is 26.8 Å². The SMILES string of the molecule is CCc1cnc(CNc2cc(C)c(F)cc2[N+](=O)[O-])s1. The molecule has 1 heterocycles. The van der Waals surface area contributed by atoms with Gasteiger partial charge in [-0.1, -0.05) is 6.92 Å². The summed E-state index contributed by atoms with van der Waals surface area (Å²) in [7, 11) is 0. The maximum Gasteiger partial charge on any atom is 0.295 e. The number of benzene rings is 1. The molecule has 0 bridgehead atoms. The molecule has 7 heteroatoms. The van der Waals surface area contributed by atoms with Gasteiger partial charge >= 0.3 is 0 Å². The average Bonchev–Trinajstić information content (AvgIpc) is 2.87. The smallest absolute Gasteiger partial charge is 0.295 e. The van der Waals surface area contributed by atoms with Crippen molar-refractivity contribution in [2.75, 3.05) is 5.32 Å². The molecule has 5 nitrogen and oxygen atoms in total. The molecule has 20 heavy (non-hydrogen) atoms. The first-order chi connectivity index (χ1) is 9.51. The van der Waals surface area contributed by atoms with Crippen LogP contribution in [0.4, 0.5) is 15.8 Å². The monoisotopic (exact) mass is 295 g/mol. The van der Waals surface area contributed by atoms with E-state index in [0.29, 0.717) is 17.8 Å². The van der Waals surface area contributed by atoms with Gasteiger partial charge in [-0.15, -0.1) is 11.3 Å². The molecule has 0 saturated heterocycles. The summed E-state index contributed by atoms with van der Waals surface area (Å²) in [5.74, 6) is -0.579. The van der Waals surface area contributed by atoms with E-state index in [1.54, 1.807) is 24.5 Å². The standard InChI is InChI=1S/C13H14FN3O2S/c1-3-9-6-16-13(20-9)7-15-11-4-8(2)10(14)5-12(11)17(18)19/h4-6,15H,3,7H2,1-2H3. The summed E-state index contributed by atoms with van der Waals surface area (Å²) in [5.41, 5.74) is 0.411. The molecular weight excluding hydrogens is 281 g/mol. The zero-order valence-electron chi connectivity index (χ0n) is 11.1. The Balaban J connectivity index is 2.20. The first kappa shape index (κ1) is 14.4. The maximum atomic E-state index is 13.4. The third-order valence-corrected chi connectivity index (χ3v) is 4.00. The molecule has 0 fully saturated rings. The van der Waals surface area contributed by atoms with E-state index in [1.807, 2.05) is 6.92 Å². The zero-order chi connectivity index (χ0) is 14.7. The van der Waals surface area contributed by atoms with Crippen LogP contribution in [0, 0.1) is 22.9 Å². The van der Waals surface area contributed by atoms with Crippen LogP contribution >= 0.6 is 11.3 Å². The van der Waals surface area contributed by atoms with Crippen molar-refractivity contribution < 1.29 is 9.31 Å². The van der Waals surface area contributed by atoms with Gasteiger partial charge in [0.1, 0.15) is 16.5 Å². The number of rotatable bonds is 5. The number of halogens is 1. The van der Waals surface area contributed by atoms with Crippen LogP contribution in [-0.4, -0.2) is 9.91 Å². The van der Waals surface area contributed by atoms with Crippen molar-refractivity contribution in [3.8, 4) is 0 Å². The lowest BCUT2D eigenvalue weighted by Gasteiger charge is -2.07. The lowest BCUT2D eigenvalue weighted by Crippen LogP contribution is -2.03. The number of hydrogen-bond acceptors (Lipinski definition) is 5. The minimum absolute atomic E-state index is 0.264. The van der Waals surface area contributed by atoms with E-state index < -0.39 is 10.7 Å². The van der Waals surface area contributed by atoms with Gasteiger partial charge in [0, 0.05) is 11.1 Å². The summed E-state index contributed by atoms with van der Waals surface area (Å²) in [5, 5.41) is 14.7. The van der Waals surface area contributed by atoms with Crippen LogP contribution in [0.2, 0.25) is 0 Å². The van der Waals surface area contributed by atoms with Gasteiger partial charge in [0.2, 0.25) is 0 Å². The molecule has 0 saturated carbocycles. The number of nitrogens with one attached hydrogen (secondary N) is 1. The molecule has 1 N–H and O–H groups in total. The van der Waals surface area contributed by atoms with Crippen LogP contribution in [0.3, 0.4) is 0 Å². The van der Waals surface area contributed by atoms with Crippen LogP contribution in [0.25, 0.3) is 0 Å². The Kier molecular flexibility index (Phi) is 4.29. The number of aromatic nitrogens is 1. The molecule has 0 aliphatic rings. The zero-order valence-corrected chi connectivity index (χ0v) is 12.0. The Morgan fingerprint density at radius 1 is 1.50 bits per heavy atom. The highest BCUT2D eigenvalue weighted by atomic mass is 32.1. The Bertz CT molecular complexity index is 643. The summed E-state index contributed by atoms with van der Waals surface area (Å²) >= 11 is 1.56. The minimum Gasteiger partial charge on any atom is -0.373 e. The molecule has 1 aromatic carbocycles. The minimum atomic E-state index is -0.593. The van der Waals surface area contributed by atoms with Crippen molar-refractivity contribution in [1.29, 1.82) is 0 Å². The van der Waals surface area contributed by atoms with E-state index in [4.69, 9.17) is 0 Å². The van der Waals surface area contributed by atoms with E-state index in [1.165, 1.54) is 6.07 Å². The molecule has 0 radical (unpaired) electrons.